The Labute approximate surface area is 284 Å². The van der Waals surface area contributed by atoms with Crippen LogP contribution in [0.4, 0.5) is 0 Å². The maximum atomic E-state index is 6.65. The van der Waals surface area contributed by atoms with Crippen LogP contribution in [0.5, 0.6) is 0 Å². The molecule has 0 spiro atoms. The molecule has 4 aromatic heterocycles. The summed E-state index contributed by atoms with van der Waals surface area (Å²) in [6.07, 6.45) is 0. The largest absolute Gasteiger partial charge is 0.455 e. The van der Waals surface area contributed by atoms with Crippen LogP contribution in [0, 0.1) is 0 Å². The molecule has 0 aliphatic rings. The zero-order chi connectivity index (χ0) is 32.1. The minimum Gasteiger partial charge on any atom is -0.455 e. The van der Waals surface area contributed by atoms with Crippen LogP contribution in [0.1, 0.15) is 0 Å². The summed E-state index contributed by atoms with van der Waals surface area (Å²) in [5, 5.41) is 9.35. The zero-order valence-electron chi connectivity index (χ0n) is 26.2. The van der Waals surface area contributed by atoms with Crippen molar-refractivity contribution in [2.24, 2.45) is 0 Å². The number of rotatable bonds is 3. The summed E-state index contributed by atoms with van der Waals surface area (Å²) in [5.74, 6) is 0.882. The van der Waals surface area contributed by atoms with E-state index in [2.05, 4.69) is 156 Å². The third kappa shape index (κ3) is 3.86. The summed E-state index contributed by atoms with van der Waals surface area (Å²) in [4.78, 5) is 5.60. The lowest BCUT2D eigenvalue weighted by Crippen LogP contribution is -2.00. The van der Waals surface area contributed by atoms with Gasteiger partial charge in [0.1, 0.15) is 17.0 Å². The van der Waals surface area contributed by atoms with Gasteiger partial charge in [-0.1, -0.05) is 121 Å². The number of nitrogens with zero attached hydrogens (tertiary/aromatic N) is 2. The van der Waals surface area contributed by atoms with Crippen LogP contribution < -0.4 is 0 Å². The molecule has 49 heavy (non-hydrogen) atoms. The standard InChI is InChI=1S/C45H26N2OS/c1-2-11-27(12-3-1)28-21-22-35-38(25-28)47(37-24-23-33-31-15-6-8-19-39(31)48-44(33)42(35)37)41-26-29-13-4-5-14-30(29)43(46-41)36-18-10-17-34-32-16-7-9-20-40(32)49-45(34)36/h1-26H. The molecule has 0 radical (unpaired) electrons. The van der Waals surface area contributed by atoms with E-state index in [9.17, 15) is 0 Å². The molecular weight excluding hydrogens is 617 g/mol. The summed E-state index contributed by atoms with van der Waals surface area (Å²) in [5.41, 5.74) is 8.46. The Kier molecular flexibility index (Phi) is 5.54. The Bertz CT molecular complexity index is 3110. The SMILES string of the molecule is c1ccc(-c2ccc3c4c5oc6ccccc6c5ccc4n(-c4cc5ccccc5c(-c5cccc6c5sc5ccccc56)n4)c3c2)cc1. The second kappa shape index (κ2) is 10.1. The minimum atomic E-state index is 0.882. The number of benzene rings is 7. The second-order valence-corrected chi connectivity index (χ2v) is 13.8. The van der Waals surface area contributed by atoms with Crippen molar-refractivity contribution in [1.82, 2.24) is 9.55 Å². The molecule has 11 aromatic rings. The molecule has 0 saturated carbocycles. The Morgan fingerprint density at radius 2 is 1.27 bits per heavy atom. The van der Waals surface area contributed by atoms with E-state index >= 15 is 0 Å². The van der Waals surface area contributed by atoms with Gasteiger partial charge in [0.15, 0.2) is 0 Å². The van der Waals surface area contributed by atoms with Gasteiger partial charge in [0.25, 0.3) is 0 Å². The summed E-state index contributed by atoms with van der Waals surface area (Å²) >= 11 is 1.84. The number of furan rings is 1. The Morgan fingerprint density at radius 1 is 0.510 bits per heavy atom. The number of fused-ring (bicyclic) bond motifs is 11. The van der Waals surface area contributed by atoms with Gasteiger partial charge in [-0.25, -0.2) is 4.98 Å². The summed E-state index contributed by atoms with van der Waals surface area (Å²) in [6, 6.07) is 56.3. The molecule has 0 bridgehead atoms. The average molecular weight is 643 g/mol. The molecule has 3 nitrogen and oxygen atoms in total. The van der Waals surface area contributed by atoms with Crippen molar-refractivity contribution in [2.45, 2.75) is 0 Å². The number of thiophene rings is 1. The van der Waals surface area contributed by atoms with E-state index in [1.54, 1.807) is 0 Å². The second-order valence-electron chi connectivity index (χ2n) is 12.7. The number of aromatic nitrogens is 2. The predicted molar refractivity (Wildman–Crippen MR) is 207 cm³/mol. The van der Waals surface area contributed by atoms with Crippen LogP contribution in [0.3, 0.4) is 0 Å². The molecule has 7 aromatic carbocycles. The van der Waals surface area contributed by atoms with Crippen molar-refractivity contribution in [2.75, 3.05) is 0 Å². The highest BCUT2D eigenvalue weighted by Crippen LogP contribution is 2.44. The van der Waals surface area contributed by atoms with Gasteiger partial charge in [-0.2, -0.15) is 0 Å². The first-order valence-corrected chi connectivity index (χ1v) is 17.4. The van der Waals surface area contributed by atoms with Gasteiger partial charge in [-0.15, -0.1) is 11.3 Å². The lowest BCUT2D eigenvalue weighted by Gasteiger charge is -2.14. The first-order chi connectivity index (χ1) is 24.3. The highest BCUT2D eigenvalue weighted by atomic mass is 32.1. The molecule has 0 aliphatic carbocycles. The third-order valence-electron chi connectivity index (χ3n) is 10.00. The fraction of sp³-hybridized carbons (Fsp3) is 0. The lowest BCUT2D eigenvalue weighted by molar-refractivity contribution is 0.673. The maximum Gasteiger partial charge on any atom is 0.145 e. The Hall–Kier alpha value is -6.23. The fourth-order valence-electron chi connectivity index (χ4n) is 7.78. The van der Waals surface area contributed by atoms with Gasteiger partial charge in [0.2, 0.25) is 0 Å². The number of pyridine rings is 1. The van der Waals surface area contributed by atoms with Crippen LogP contribution in [-0.2, 0) is 0 Å². The molecule has 0 saturated heterocycles. The van der Waals surface area contributed by atoms with Crippen molar-refractivity contribution in [3.63, 3.8) is 0 Å². The monoisotopic (exact) mass is 642 g/mol. The third-order valence-corrected chi connectivity index (χ3v) is 11.2. The van der Waals surface area contributed by atoms with Gasteiger partial charge < -0.3 is 4.42 Å². The van der Waals surface area contributed by atoms with Crippen LogP contribution in [0.15, 0.2) is 162 Å². The maximum absolute atomic E-state index is 6.65. The molecule has 11 rings (SSSR count). The average Bonchev–Trinajstić information content (AvgIpc) is 3.84. The molecule has 228 valence electrons. The van der Waals surface area contributed by atoms with Crippen molar-refractivity contribution in [3.8, 4) is 28.2 Å². The molecule has 0 amide bonds. The normalized spacial score (nSPS) is 12.1. The van der Waals surface area contributed by atoms with Crippen molar-refractivity contribution < 1.29 is 4.42 Å². The van der Waals surface area contributed by atoms with Gasteiger partial charge in [-0.3, -0.25) is 4.57 Å². The van der Waals surface area contributed by atoms with E-state index in [1.165, 1.54) is 25.7 Å². The fourth-order valence-corrected chi connectivity index (χ4v) is 9.00. The number of hydrogen-bond acceptors (Lipinski definition) is 3. The molecule has 4 heterocycles. The smallest absolute Gasteiger partial charge is 0.145 e. The topological polar surface area (TPSA) is 31.0 Å². The van der Waals surface area contributed by atoms with E-state index in [1.807, 2.05) is 17.4 Å². The van der Waals surface area contributed by atoms with Crippen molar-refractivity contribution in [1.29, 1.82) is 0 Å². The lowest BCUT2D eigenvalue weighted by atomic mass is 10.0. The highest BCUT2D eigenvalue weighted by Gasteiger charge is 2.22. The van der Waals surface area contributed by atoms with Gasteiger partial charge in [-0.05, 0) is 52.9 Å². The zero-order valence-corrected chi connectivity index (χ0v) is 27.0. The molecule has 0 fully saturated rings. The summed E-state index contributed by atoms with van der Waals surface area (Å²) in [6.45, 7) is 0. The first kappa shape index (κ1) is 26.8. The number of hydrogen-bond donors (Lipinski definition) is 0. The number of para-hydroxylation sites is 1. The van der Waals surface area contributed by atoms with Gasteiger partial charge >= 0.3 is 0 Å². The van der Waals surface area contributed by atoms with E-state index in [0.29, 0.717) is 0 Å². The predicted octanol–water partition coefficient (Wildman–Crippen LogP) is 12.9. The quantitative estimate of drug-likeness (QED) is 0.192. The van der Waals surface area contributed by atoms with Crippen molar-refractivity contribution >= 4 is 86.0 Å². The highest BCUT2D eigenvalue weighted by molar-refractivity contribution is 7.26. The molecule has 0 unspecified atom stereocenters. The molecular formula is C45H26N2OS. The van der Waals surface area contributed by atoms with E-state index in [4.69, 9.17) is 9.40 Å². The molecule has 4 heteroatoms. The van der Waals surface area contributed by atoms with Crippen LogP contribution in [-0.4, -0.2) is 9.55 Å². The minimum absolute atomic E-state index is 0.882. The first-order valence-electron chi connectivity index (χ1n) is 16.5. The molecule has 0 aliphatic heterocycles. The van der Waals surface area contributed by atoms with Crippen LogP contribution in [0.2, 0.25) is 0 Å². The van der Waals surface area contributed by atoms with Gasteiger partial charge in [0, 0.05) is 47.3 Å². The van der Waals surface area contributed by atoms with Crippen LogP contribution in [0.25, 0.3) is 103 Å². The van der Waals surface area contributed by atoms with E-state index < -0.39 is 0 Å². The molecule has 0 N–H and O–H groups in total. The summed E-state index contributed by atoms with van der Waals surface area (Å²) in [7, 11) is 0. The Morgan fingerprint density at radius 3 is 2.18 bits per heavy atom. The van der Waals surface area contributed by atoms with E-state index in [0.717, 1.165) is 77.2 Å². The Balaban J connectivity index is 1.27. The van der Waals surface area contributed by atoms with E-state index in [-0.39, 0.29) is 0 Å². The van der Waals surface area contributed by atoms with Crippen LogP contribution >= 0.6 is 11.3 Å². The van der Waals surface area contributed by atoms with Crippen molar-refractivity contribution in [3.05, 3.63) is 158 Å². The van der Waals surface area contributed by atoms with Gasteiger partial charge in [0.05, 0.1) is 22.1 Å². The summed E-state index contributed by atoms with van der Waals surface area (Å²) < 4.78 is 11.5. The molecule has 0 atom stereocenters.